The first kappa shape index (κ1) is 15.7. The predicted octanol–water partition coefficient (Wildman–Crippen LogP) is 3.49. The number of amides is 1. The fourth-order valence-corrected chi connectivity index (χ4v) is 2.94. The molecule has 23 heavy (non-hydrogen) atoms. The van der Waals surface area contributed by atoms with E-state index in [4.69, 9.17) is 4.52 Å². The third kappa shape index (κ3) is 3.44. The Hall–Kier alpha value is -2.17. The van der Waals surface area contributed by atoms with Crippen LogP contribution < -0.4 is 0 Å². The van der Waals surface area contributed by atoms with Gasteiger partial charge in [-0.25, -0.2) is 0 Å². The molecule has 1 aliphatic rings. The topological polar surface area (TPSA) is 59.2 Å². The Bertz CT molecular complexity index is 673. The lowest BCUT2D eigenvalue weighted by molar-refractivity contribution is -0.140. The summed E-state index contributed by atoms with van der Waals surface area (Å²) in [5, 5.41) is 4.09. The summed E-state index contributed by atoms with van der Waals surface area (Å²) in [7, 11) is 0. The molecule has 1 aliphatic heterocycles. The number of likely N-dealkylation sites (tertiary alicyclic amines) is 1. The van der Waals surface area contributed by atoms with Crippen LogP contribution in [0.5, 0.6) is 0 Å². The number of carbonyl (C=O) groups excluding carboxylic acids is 1. The van der Waals surface area contributed by atoms with Gasteiger partial charge in [-0.2, -0.15) is 4.98 Å². The Balaban J connectivity index is 1.75. The van der Waals surface area contributed by atoms with Crippen molar-refractivity contribution in [1.82, 2.24) is 15.0 Å². The maximum Gasteiger partial charge on any atom is 0.231 e. The van der Waals surface area contributed by atoms with E-state index in [-0.39, 0.29) is 17.2 Å². The summed E-state index contributed by atoms with van der Waals surface area (Å²) < 4.78 is 5.47. The van der Waals surface area contributed by atoms with Crippen LogP contribution in [-0.4, -0.2) is 34.0 Å². The molecular weight excluding hydrogens is 290 g/mol. The van der Waals surface area contributed by atoms with Crippen molar-refractivity contribution in [2.24, 2.45) is 5.41 Å². The van der Waals surface area contributed by atoms with Gasteiger partial charge >= 0.3 is 0 Å². The molecule has 1 fully saturated rings. The Morgan fingerprint density at radius 1 is 1.26 bits per heavy atom. The van der Waals surface area contributed by atoms with Crippen molar-refractivity contribution in [2.75, 3.05) is 13.1 Å². The van der Waals surface area contributed by atoms with Gasteiger partial charge in [0, 0.05) is 24.1 Å². The van der Waals surface area contributed by atoms with Gasteiger partial charge in [-0.15, -0.1) is 0 Å². The zero-order chi connectivity index (χ0) is 16.4. The van der Waals surface area contributed by atoms with Gasteiger partial charge in [-0.3, -0.25) is 4.79 Å². The zero-order valence-corrected chi connectivity index (χ0v) is 14.0. The minimum atomic E-state index is -0.355. The van der Waals surface area contributed by atoms with Crippen molar-refractivity contribution in [1.29, 1.82) is 0 Å². The summed E-state index contributed by atoms with van der Waals surface area (Å²) in [5.74, 6) is 1.56. The largest absolute Gasteiger partial charge is 0.341 e. The molecule has 0 spiro atoms. The third-order valence-corrected chi connectivity index (χ3v) is 4.17. The lowest BCUT2D eigenvalue weighted by atomic mass is 9.91. The van der Waals surface area contributed by atoms with Gasteiger partial charge in [0.25, 0.3) is 0 Å². The zero-order valence-electron chi connectivity index (χ0n) is 14.0. The number of carbonyl (C=O) groups is 1. The van der Waals surface area contributed by atoms with E-state index in [0.29, 0.717) is 18.3 Å². The van der Waals surface area contributed by atoms with Crippen LogP contribution in [0.4, 0.5) is 0 Å². The van der Waals surface area contributed by atoms with E-state index in [2.05, 4.69) is 10.1 Å². The summed E-state index contributed by atoms with van der Waals surface area (Å²) >= 11 is 0. The van der Waals surface area contributed by atoms with Crippen LogP contribution in [0.2, 0.25) is 0 Å². The molecule has 1 aromatic carbocycles. The van der Waals surface area contributed by atoms with Crippen LogP contribution in [0.15, 0.2) is 34.9 Å². The molecule has 1 atom stereocenters. The number of hydrogen-bond donors (Lipinski definition) is 0. The number of nitrogens with zero attached hydrogens (tertiary/aromatic N) is 3. The molecule has 0 saturated carbocycles. The highest BCUT2D eigenvalue weighted by Gasteiger charge is 2.33. The summed E-state index contributed by atoms with van der Waals surface area (Å²) in [6.45, 7) is 7.34. The molecule has 5 heteroatoms. The van der Waals surface area contributed by atoms with E-state index < -0.39 is 0 Å². The van der Waals surface area contributed by atoms with Crippen LogP contribution >= 0.6 is 0 Å². The Kier molecular flexibility index (Phi) is 4.20. The van der Waals surface area contributed by atoms with Gasteiger partial charge in [0.2, 0.25) is 17.6 Å². The van der Waals surface area contributed by atoms with Crippen LogP contribution in [0.25, 0.3) is 11.4 Å². The van der Waals surface area contributed by atoms with Gasteiger partial charge < -0.3 is 9.42 Å². The molecule has 0 N–H and O–H groups in total. The van der Waals surface area contributed by atoms with E-state index in [0.717, 1.165) is 24.9 Å². The fraction of sp³-hybridized carbons (Fsp3) is 0.500. The molecule has 122 valence electrons. The number of rotatable bonds is 2. The van der Waals surface area contributed by atoms with Crippen molar-refractivity contribution in [3.8, 4) is 11.4 Å². The smallest absolute Gasteiger partial charge is 0.231 e. The van der Waals surface area contributed by atoms with Gasteiger partial charge in [0.05, 0.1) is 5.92 Å². The highest BCUT2D eigenvalue weighted by atomic mass is 16.5. The summed E-state index contributed by atoms with van der Waals surface area (Å²) in [5.41, 5.74) is 0.590. The molecule has 2 aromatic rings. The highest BCUT2D eigenvalue weighted by molar-refractivity contribution is 5.81. The van der Waals surface area contributed by atoms with Crippen molar-refractivity contribution in [2.45, 2.75) is 39.5 Å². The molecule has 5 nitrogen and oxygen atoms in total. The Labute approximate surface area is 136 Å². The average molecular weight is 313 g/mol. The molecule has 1 amide bonds. The van der Waals surface area contributed by atoms with E-state index >= 15 is 0 Å². The van der Waals surface area contributed by atoms with Crippen molar-refractivity contribution < 1.29 is 9.32 Å². The van der Waals surface area contributed by atoms with Crippen LogP contribution in [0, 0.1) is 5.41 Å². The van der Waals surface area contributed by atoms with E-state index in [9.17, 15) is 4.79 Å². The third-order valence-electron chi connectivity index (χ3n) is 4.17. The molecule has 1 saturated heterocycles. The van der Waals surface area contributed by atoms with E-state index in [1.165, 1.54) is 0 Å². The minimum absolute atomic E-state index is 0.125. The first-order valence-electron chi connectivity index (χ1n) is 8.13. The minimum Gasteiger partial charge on any atom is -0.341 e. The summed E-state index contributed by atoms with van der Waals surface area (Å²) in [4.78, 5) is 19.0. The lowest BCUT2D eigenvalue weighted by Crippen LogP contribution is -2.44. The summed E-state index contributed by atoms with van der Waals surface area (Å²) in [6.07, 6.45) is 1.94. The normalized spacial score (nSPS) is 18.9. The molecule has 1 aromatic heterocycles. The van der Waals surface area contributed by atoms with Gasteiger partial charge in [0.1, 0.15) is 0 Å². The molecule has 0 aliphatic carbocycles. The number of hydrogen-bond acceptors (Lipinski definition) is 4. The van der Waals surface area contributed by atoms with Crippen molar-refractivity contribution in [3.63, 3.8) is 0 Å². The number of piperidine rings is 1. The van der Waals surface area contributed by atoms with E-state index in [1.807, 2.05) is 56.0 Å². The SMILES string of the molecule is CC(C)(C)C(=O)N1CCCC(c2nc(-c3ccccc3)no2)C1. The summed E-state index contributed by atoms with van der Waals surface area (Å²) in [6, 6.07) is 9.79. The molecule has 1 unspecified atom stereocenters. The van der Waals surface area contributed by atoms with E-state index in [1.54, 1.807) is 0 Å². The number of benzene rings is 1. The molecule has 3 rings (SSSR count). The first-order chi connectivity index (χ1) is 10.9. The average Bonchev–Trinajstić information content (AvgIpc) is 3.04. The Morgan fingerprint density at radius 3 is 2.70 bits per heavy atom. The maximum atomic E-state index is 12.5. The fourth-order valence-electron chi connectivity index (χ4n) is 2.94. The van der Waals surface area contributed by atoms with Crippen LogP contribution in [0.3, 0.4) is 0 Å². The van der Waals surface area contributed by atoms with Gasteiger partial charge in [0.15, 0.2) is 0 Å². The predicted molar refractivity (Wildman–Crippen MR) is 87.7 cm³/mol. The standard InChI is InChI=1S/C18H23N3O2/c1-18(2,3)17(22)21-11-7-10-14(12-21)16-19-15(20-23-16)13-8-5-4-6-9-13/h4-6,8-9,14H,7,10-12H2,1-3H3. The first-order valence-corrected chi connectivity index (χ1v) is 8.13. The molecule has 0 bridgehead atoms. The Morgan fingerprint density at radius 2 is 2.00 bits per heavy atom. The van der Waals surface area contributed by atoms with Gasteiger partial charge in [-0.05, 0) is 12.8 Å². The molecule has 0 radical (unpaired) electrons. The monoisotopic (exact) mass is 313 g/mol. The van der Waals surface area contributed by atoms with Crippen LogP contribution in [-0.2, 0) is 4.79 Å². The van der Waals surface area contributed by atoms with Gasteiger partial charge in [-0.1, -0.05) is 56.3 Å². The van der Waals surface area contributed by atoms with Crippen LogP contribution in [0.1, 0.15) is 45.4 Å². The maximum absolute atomic E-state index is 12.5. The van der Waals surface area contributed by atoms with Crippen molar-refractivity contribution >= 4 is 5.91 Å². The second-order valence-electron chi connectivity index (χ2n) is 7.16. The second kappa shape index (κ2) is 6.14. The highest BCUT2D eigenvalue weighted by Crippen LogP contribution is 2.29. The molecular formula is C18H23N3O2. The number of aromatic nitrogens is 2. The van der Waals surface area contributed by atoms with Crippen molar-refractivity contribution in [3.05, 3.63) is 36.2 Å². The lowest BCUT2D eigenvalue weighted by Gasteiger charge is -2.35. The molecule has 2 heterocycles. The second-order valence-corrected chi connectivity index (χ2v) is 7.16. The quantitative estimate of drug-likeness (QED) is 0.851.